The van der Waals surface area contributed by atoms with E-state index in [1.165, 1.54) is 12.1 Å². The zero-order chi connectivity index (χ0) is 14.1. The van der Waals surface area contributed by atoms with Crippen molar-refractivity contribution in [1.82, 2.24) is 5.32 Å². The van der Waals surface area contributed by atoms with Gasteiger partial charge in [0, 0.05) is 6.42 Å². The van der Waals surface area contributed by atoms with Crippen molar-refractivity contribution in [2.45, 2.75) is 30.4 Å². The quantitative estimate of drug-likeness (QED) is 0.797. The first-order chi connectivity index (χ1) is 8.86. The smallest absolute Gasteiger partial charge is 0.352 e. The van der Waals surface area contributed by atoms with Gasteiger partial charge in [-0.25, -0.2) is 8.98 Å². The molecule has 7 heteroatoms. The highest BCUT2D eigenvalue weighted by Gasteiger charge is 2.46. The van der Waals surface area contributed by atoms with Gasteiger partial charge in [0.1, 0.15) is 0 Å². The first kappa shape index (κ1) is 14.0. The fraction of sp³-hybridized carbons (Fsp3) is 0.417. The van der Waals surface area contributed by atoms with E-state index >= 15 is 0 Å². The molecule has 0 unspecified atom stereocenters. The number of aliphatic carboxylic acids is 1. The van der Waals surface area contributed by atoms with E-state index in [1.54, 1.807) is 12.1 Å². The molecule has 1 saturated heterocycles. The second kappa shape index (κ2) is 4.92. The molecule has 1 atom stereocenters. The van der Waals surface area contributed by atoms with Gasteiger partial charge >= 0.3 is 5.97 Å². The summed E-state index contributed by atoms with van der Waals surface area (Å²) in [5.41, 5.74) is -0.935. The lowest BCUT2D eigenvalue weighted by Crippen LogP contribution is -2.51. The van der Waals surface area contributed by atoms with E-state index in [9.17, 15) is 13.2 Å². The molecule has 0 bridgehead atoms. The Balaban J connectivity index is 2.30. The van der Waals surface area contributed by atoms with Gasteiger partial charge in [-0.2, -0.15) is 8.42 Å². The number of carboxylic acid groups (broad SMARTS) is 1. The van der Waals surface area contributed by atoms with Gasteiger partial charge in [0.25, 0.3) is 10.1 Å². The highest BCUT2D eigenvalue weighted by Crippen LogP contribution is 2.26. The molecule has 1 fully saturated rings. The Bertz CT molecular complexity index is 573. The molecule has 2 rings (SSSR count). The van der Waals surface area contributed by atoms with E-state index in [1.807, 2.05) is 6.92 Å². The van der Waals surface area contributed by atoms with Crippen LogP contribution in [-0.4, -0.2) is 31.8 Å². The van der Waals surface area contributed by atoms with Crippen LogP contribution in [0.3, 0.4) is 0 Å². The van der Waals surface area contributed by atoms with Crippen molar-refractivity contribution in [2.24, 2.45) is 0 Å². The molecule has 0 amide bonds. The minimum Gasteiger partial charge on any atom is -0.478 e. The number of hydrogen-bond acceptors (Lipinski definition) is 5. The van der Waals surface area contributed by atoms with Gasteiger partial charge in [-0.05, 0) is 32.0 Å². The molecule has 1 aliphatic rings. The Hall–Kier alpha value is -1.44. The maximum absolute atomic E-state index is 12.1. The zero-order valence-corrected chi connectivity index (χ0v) is 11.2. The van der Waals surface area contributed by atoms with Crippen LogP contribution in [0.5, 0.6) is 0 Å². The predicted octanol–water partition coefficient (Wildman–Crippen LogP) is 0.865. The molecule has 0 saturated carbocycles. The van der Waals surface area contributed by atoms with E-state index in [2.05, 4.69) is 5.32 Å². The van der Waals surface area contributed by atoms with Crippen LogP contribution >= 0.6 is 0 Å². The molecular weight excluding hydrogens is 270 g/mol. The number of aryl methyl sites for hydroxylation is 1. The normalized spacial score (nSPS) is 23.4. The Kier molecular flexibility index (Phi) is 3.62. The summed E-state index contributed by atoms with van der Waals surface area (Å²) < 4.78 is 29.1. The van der Waals surface area contributed by atoms with Crippen LogP contribution in [0.1, 0.15) is 18.4 Å². The van der Waals surface area contributed by atoms with E-state index in [-0.39, 0.29) is 11.3 Å². The highest BCUT2D eigenvalue weighted by molar-refractivity contribution is 7.86. The third kappa shape index (κ3) is 2.78. The molecule has 19 heavy (non-hydrogen) atoms. The lowest BCUT2D eigenvalue weighted by Gasteiger charge is -2.23. The van der Waals surface area contributed by atoms with Gasteiger partial charge < -0.3 is 5.11 Å². The SMILES string of the molecule is Cc1ccc(S(=O)(=O)O[C@@]2(C(=O)O)CCCN2)cc1. The molecule has 104 valence electrons. The van der Waals surface area contributed by atoms with Crippen molar-refractivity contribution in [3.8, 4) is 0 Å². The van der Waals surface area contributed by atoms with Crippen LogP contribution in [0.2, 0.25) is 0 Å². The molecule has 2 N–H and O–H groups in total. The molecule has 1 aliphatic heterocycles. The Morgan fingerprint density at radius 1 is 1.37 bits per heavy atom. The first-order valence-electron chi connectivity index (χ1n) is 5.86. The number of benzene rings is 1. The van der Waals surface area contributed by atoms with Gasteiger partial charge in [0.15, 0.2) is 0 Å². The van der Waals surface area contributed by atoms with E-state index in [0.29, 0.717) is 13.0 Å². The second-order valence-corrected chi connectivity index (χ2v) is 6.06. The molecule has 0 spiro atoms. The second-order valence-electron chi connectivity index (χ2n) is 4.51. The largest absolute Gasteiger partial charge is 0.478 e. The molecule has 1 heterocycles. The van der Waals surface area contributed by atoms with Crippen LogP contribution < -0.4 is 5.32 Å². The minimum absolute atomic E-state index is 0.0487. The summed E-state index contributed by atoms with van der Waals surface area (Å²) in [4.78, 5) is 11.2. The summed E-state index contributed by atoms with van der Waals surface area (Å²) in [6, 6.07) is 6.06. The summed E-state index contributed by atoms with van der Waals surface area (Å²) in [5.74, 6) is -1.32. The van der Waals surface area contributed by atoms with Crippen molar-refractivity contribution in [2.75, 3.05) is 6.54 Å². The molecule has 0 radical (unpaired) electrons. The molecule has 1 aromatic carbocycles. The Morgan fingerprint density at radius 3 is 2.47 bits per heavy atom. The predicted molar refractivity (Wildman–Crippen MR) is 67.1 cm³/mol. The number of carboxylic acids is 1. The number of hydrogen-bond donors (Lipinski definition) is 2. The summed E-state index contributed by atoms with van der Waals surface area (Å²) in [6.07, 6.45) is 0.670. The van der Waals surface area contributed by atoms with E-state index in [4.69, 9.17) is 9.29 Å². The average Bonchev–Trinajstić information content (AvgIpc) is 2.78. The van der Waals surface area contributed by atoms with Crippen molar-refractivity contribution in [3.63, 3.8) is 0 Å². The van der Waals surface area contributed by atoms with Gasteiger partial charge in [-0.1, -0.05) is 17.7 Å². The lowest BCUT2D eigenvalue weighted by atomic mass is 10.2. The third-order valence-corrected chi connectivity index (χ3v) is 4.38. The van der Waals surface area contributed by atoms with Crippen LogP contribution in [-0.2, 0) is 19.1 Å². The third-order valence-electron chi connectivity index (χ3n) is 3.02. The van der Waals surface area contributed by atoms with Gasteiger partial charge in [-0.3, -0.25) is 5.32 Å². The Labute approximate surface area is 111 Å². The first-order valence-corrected chi connectivity index (χ1v) is 7.27. The maximum atomic E-state index is 12.1. The summed E-state index contributed by atoms with van der Waals surface area (Å²) >= 11 is 0. The average molecular weight is 285 g/mol. The van der Waals surface area contributed by atoms with Crippen molar-refractivity contribution < 1.29 is 22.5 Å². The van der Waals surface area contributed by atoms with Gasteiger partial charge in [0.05, 0.1) is 4.90 Å². The topological polar surface area (TPSA) is 92.7 Å². The van der Waals surface area contributed by atoms with Gasteiger partial charge in [-0.15, -0.1) is 0 Å². The number of carbonyl (C=O) groups is 1. The van der Waals surface area contributed by atoms with Gasteiger partial charge in [0.2, 0.25) is 5.72 Å². The van der Waals surface area contributed by atoms with Crippen molar-refractivity contribution >= 4 is 16.1 Å². The fourth-order valence-electron chi connectivity index (χ4n) is 1.95. The molecule has 6 nitrogen and oxygen atoms in total. The van der Waals surface area contributed by atoms with Crippen molar-refractivity contribution in [3.05, 3.63) is 29.8 Å². The van der Waals surface area contributed by atoms with E-state index < -0.39 is 21.8 Å². The highest BCUT2D eigenvalue weighted by atomic mass is 32.2. The minimum atomic E-state index is -4.11. The van der Waals surface area contributed by atoms with Crippen molar-refractivity contribution in [1.29, 1.82) is 0 Å². The summed E-state index contributed by atoms with van der Waals surface area (Å²) in [7, 11) is -4.11. The molecule has 0 aliphatic carbocycles. The van der Waals surface area contributed by atoms with Crippen LogP contribution in [0.25, 0.3) is 0 Å². The monoisotopic (exact) mass is 285 g/mol. The number of rotatable bonds is 4. The Morgan fingerprint density at radius 2 is 2.00 bits per heavy atom. The van der Waals surface area contributed by atoms with Crippen LogP contribution in [0.4, 0.5) is 0 Å². The molecule has 0 aromatic heterocycles. The maximum Gasteiger partial charge on any atom is 0.352 e. The fourth-order valence-corrected chi connectivity index (χ4v) is 3.10. The molecule has 1 aromatic rings. The standard InChI is InChI=1S/C12H15NO5S/c1-9-3-5-10(6-4-9)19(16,17)18-12(11(14)15)7-2-8-13-12/h3-6,13H,2,7-8H2,1H3,(H,14,15)/t12-/m1/s1. The lowest BCUT2D eigenvalue weighted by molar-refractivity contribution is -0.156. The number of nitrogens with one attached hydrogen (secondary N) is 1. The van der Waals surface area contributed by atoms with Crippen LogP contribution in [0, 0.1) is 6.92 Å². The van der Waals surface area contributed by atoms with E-state index in [0.717, 1.165) is 5.56 Å². The summed E-state index contributed by atoms with van der Waals surface area (Å²) in [6.45, 7) is 2.24. The molecular formula is C12H15NO5S. The summed E-state index contributed by atoms with van der Waals surface area (Å²) in [5, 5.41) is 11.8. The van der Waals surface area contributed by atoms with Crippen LogP contribution in [0.15, 0.2) is 29.2 Å². The zero-order valence-electron chi connectivity index (χ0n) is 10.4.